The fourth-order valence-corrected chi connectivity index (χ4v) is 12.5. The van der Waals surface area contributed by atoms with Crippen LogP contribution in [0.25, 0.3) is 73.7 Å². The van der Waals surface area contributed by atoms with Crippen LogP contribution in [0.3, 0.4) is 0 Å². The van der Waals surface area contributed by atoms with Gasteiger partial charge in [0.2, 0.25) is 0 Å². The molecule has 0 saturated carbocycles. The number of nitrogens with zero attached hydrogens (tertiary/aromatic N) is 2. The summed E-state index contributed by atoms with van der Waals surface area (Å²) in [6.07, 6.45) is 0.799. The minimum absolute atomic E-state index is 0.799. The summed E-state index contributed by atoms with van der Waals surface area (Å²) < 4.78 is 5.19. The lowest BCUT2D eigenvalue weighted by Crippen LogP contribution is -2.13. The first-order valence-electron chi connectivity index (χ1n) is 22.9. The lowest BCUT2D eigenvalue weighted by molar-refractivity contribution is 1.17. The normalized spacial score (nSPS) is 11.6. The molecule has 0 radical (unpaired) electrons. The molecule has 0 aliphatic carbocycles. The highest BCUT2D eigenvalue weighted by atomic mass is 32.1. The van der Waals surface area contributed by atoms with Gasteiger partial charge in [-0.2, -0.15) is 0 Å². The second-order valence-corrected chi connectivity index (χ2v) is 19.4. The van der Waals surface area contributed by atoms with Gasteiger partial charge in [-0.15, -0.1) is 22.7 Å². The molecule has 2 aliphatic rings. The van der Waals surface area contributed by atoms with Crippen LogP contribution in [0.4, 0.5) is 34.1 Å². The predicted octanol–water partition coefficient (Wildman–Crippen LogP) is 18.8. The largest absolute Gasteiger partial charge is 0.310 e. The van der Waals surface area contributed by atoms with Crippen molar-refractivity contribution in [2.24, 2.45) is 0 Å². The maximum absolute atomic E-state index is 2.49. The van der Waals surface area contributed by atoms with Gasteiger partial charge in [0.25, 0.3) is 0 Å². The van der Waals surface area contributed by atoms with Crippen LogP contribution in [0.15, 0.2) is 243 Å². The number of hydrogen-bond acceptors (Lipinski definition) is 4. The summed E-state index contributed by atoms with van der Waals surface area (Å²) >= 11 is 3.83. The van der Waals surface area contributed by atoms with E-state index in [1.807, 2.05) is 22.7 Å². The second kappa shape index (κ2) is 16.4. The van der Waals surface area contributed by atoms with Gasteiger partial charge >= 0.3 is 0 Å². The molecule has 2 aliphatic heterocycles. The fourth-order valence-electron chi connectivity index (χ4n) is 10.2. The van der Waals surface area contributed by atoms with Gasteiger partial charge < -0.3 is 9.80 Å². The molecule has 0 bridgehead atoms. The van der Waals surface area contributed by atoms with Gasteiger partial charge in [0.1, 0.15) is 0 Å². The van der Waals surface area contributed by atoms with Gasteiger partial charge in [-0.05, 0) is 123 Å². The van der Waals surface area contributed by atoms with E-state index in [0.29, 0.717) is 0 Å². The van der Waals surface area contributed by atoms with Gasteiger partial charge in [-0.1, -0.05) is 164 Å². The molecule has 316 valence electrons. The molecule has 13 rings (SSSR count). The molecule has 67 heavy (non-hydrogen) atoms. The highest BCUT2D eigenvalue weighted by molar-refractivity contribution is 7.27. The first-order chi connectivity index (χ1) is 33.2. The Bertz CT molecular complexity index is 3790. The monoisotopic (exact) mass is 890 g/mol. The summed E-state index contributed by atoms with van der Waals surface area (Å²) in [6, 6.07) is 88.8. The van der Waals surface area contributed by atoms with Crippen molar-refractivity contribution in [3.05, 3.63) is 254 Å². The first kappa shape index (κ1) is 39.4. The molecular weight excluding hydrogens is 849 g/mol. The zero-order chi connectivity index (χ0) is 44.3. The highest BCUT2D eigenvalue weighted by Crippen LogP contribution is 2.55. The Morgan fingerprint density at radius 1 is 0.313 bits per heavy atom. The molecule has 2 heterocycles. The van der Waals surface area contributed by atoms with E-state index < -0.39 is 0 Å². The van der Waals surface area contributed by atoms with Crippen molar-refractivity contribution >= 4 is 97.1 Å². The Balaban J connectivity index is 1.01. The van der Waals surface area contributed by atoms with E-state index in [2.05, 4.69) is 252 Å². The molecule has 2 nitrogen and oxygen atoms in total. The van der Waals surface area contributed by atoms with Crippen molar-refractivity contribution in [1.82, 2.24) is 0 Å². The topological polar surface area (TPSA) is 6.48 Å². The van der Waals surface area contributed by atoms with Gasteiger partial charge in [0.15, 0.2) is 0 Å². The molecule has 0 atom stereocenters. The third-order valence-electron chi connectivity index (χ3n) is 13.3. The molecular formula is C63H42N2S2. The molecule has 11 aromatic rings. The van der Waals surface area contributed by atoms with Crippen molar-refractivity contribution < 1.29 is 0 Å². The molecule has 0 N–H and O–H groups in total. The van der Waals surface area contributed by atoms with Crippen LogP contribution in [0.2, 0.25) is 0 Å². The summed E-state index contributed by atoms with van der Waals surface area (Å²) in [6.45, 7) is 0. The summed E-state index contributed by atoms with van der Waals surface area (Å²) in [5, 5.41) is 5.26. The third-order valence-corrected chi connectivity index (χ3v) is 15.5. The fraction of sp³-hybridized carbons (Fsp3) is 0.0159. The Kier molecular flexibility index (Phi) is 9.66. The Labute approximate surface area is 398 Å². The molecule has 11 aromatic carbocycles. The third kappa shape index (κ3) is 6.93. The summed E-state index contributed by atoms with van der Waals surface area (Å²) in [4.78, 5) is 4.87. The van der Waals surface area contributed by atoms with Gasteiger partial charge in [-0.3, -0.25) is 0 Å². The SMILES string of the molecule is c1ccc(Cc2c(N(c3ccccc3)c3ccc(-c4ccccc4)cc3)cc3sc4ccc5cc(N(c6ccccc6)c6ccc(-c7ccccc7)cc6)cc6sc7ccc2c3c7-c4c56)cc1. The van der Waals surface area contributed by atoms with Crippen molar-refractivity contribution in [1.29, 1.82) is 0 Å². The number of anilines is 6. The van der Waals surface area contributed by atoms with Crippen molar-refractivity contribution in [2.75, 3.05) is 9.80 Å². The molecule has 4 heteroatoms. The smallest absolute Gasteiger partial charge is 0.0517 e. The van der Waals surface area contributed by atoms with Crippen LogP contribution >= 0.6 is 22.7 Å². The van der Waals surface area contributed by atoms with E-state index in [1.54, 1.807) is 0 Å². The summed E-state index contributed by atoms with van der Waals surface area (Å²) in [5.41, 5.74) is 17.1. The van der Waals surface area contributed by atoms with Crippen LogP contribution in [0.5, 0.6) is 0 Å². The second-order valence-electron chi connectivity index (χ2n) is 17.2. The average Bonchev–Trinajstić information content (AvgIpc) is 3.40. The van der Waals surface area contributed by atoms with Crippen LogP contribution < -0.4 is 9.80 Å². The Morgan fingerprint density at radius 2 is 0.761 bits per heavy atom. The molecule has 0 unspecified atom stereocenters. The average molecular weight is 891 g/mol. The van der Waals surface area contributed by atoms with Crippen molar-refractivity contribution in [2.45, 2.75) is 6.42 Å². The molecule has 0 spiro atoms. The maximum Gasteiger partial charge on any atom is 0.0517 e. The number of rotatable bonds is 10. The Morgan fingerprint density at radius 3 is 1.34 bits per heavy atom. The van der Waals surface area contributed by atoms with E-state index in [-0.39, 0.29) is 0 Å². The lowest BCUT2D eigenvalue weighted by Gasteiger charge is -2.30. The van der Waals surface area contributed by atoms with Crippen LogP contribution in [0.1, 0.15) is 11.1 Å². The van der Waals surface area contributed by atoms with Crippen LogP contribution in [-0.2, 0) is 6.42 Å². The lowest BCUT2D eigenvalue weighted by atomic mass is 9.89. The zero-order valence-electron chi connectivity index (χ0n) is 36.5. The quantitative estimate of drug-likeness (QED) is 0.0997. The Hall–Kier alpha value is -8.02. The molecule has 0 fully saturated rings. The highest BCUT2D eigenvalue weighted by Gasteiger charge is 2.28. The summed E-state index contributed by atoms with van der Waals surface area (Å²) in [5.74, 6) is 0. The van der Waals surface area contributed by atoms with E-state index in [4.69, 9.17) is 0 Å². The van der Waals surface area contributed by atoms with Crippen LogP contribution in [-0.4, -0.2) is 0 Å². The minimum atomic E-state index is 0.799. The molecule has 0 aromatic heterocycles. The van der Waals surface area contributed by atoms with Crippen molar-refractivity contribution in [3.63, 3.8) is 0 Å². The van der Waals surface area contributed by atoms with Gasteiger partial charge in [-0.25, -0.2) is 0 Å². The molecule has 0 amide bonds. The standard InChI is InChI=1S/C63H42N2S2/c1-6-16-42(17-7-1)38-54-53-35-37-57-63-61(53)59(41-55(54)65(49-24-14-5-15-25-49)51-33-28-46(29-34-51)44-20-10-3-11-21-44)67-56-36-30-47-39-52(40-58(66-57)60(47)62(56)63)64(48-22-12-4-13-23-48)50-31-26-45(27-32-50)43-18-8-2-9-19-43/h1-37,39-41H,38H2. The van der Waals surface area contributed by atoms with Gasteiger partial charge in [0.05, 0.1) is 5.69 Å². The first-order valence-corrected chi connectivity index (χ1v) is 24.5. The maximum atomic E-state index is 2.49. The van der Waals surface area contributed by atoms with Crippen LogP contribution in [0, 0.1) is 0 Å². The van der Waals surface area contributed by atoms with E-state index in [1.165, 1.54) is 90.5 Å². The minimum Gasteiger partial charge on any atom is -0.310 e. The number of para-hydroxylation sites is 2. The number of hydrogen-bond donors (Lipinski definition) is 0. The number of benzene rings is 11. The van der Waals surface area contributed by atoms with Crippen molar-refractivity contribution in [3.8, 4) is 33.4 Å². The van der Waals surface area contributed by atoms with Gasteiger partial charge in [0, 0.05) is 75.6 Å². The predicted molar refractivity (Wildman–Crippen MR) is 290 cm³/mol. The zero-order valence-corrected chi connectivity index (χ0v) is 38.1. The van der Waals surface area contributed by atoms with E-state index in [0.717, 1.165) is 34.9 Å². The van der Waals surface area contributed by atoms with E-state index >= 15 is 0 Å². The molecule has 0 saturated heterocycles. The summed E-state index contributed by atoms with van der Waals surface area (Å²) in [7, 11) is 0. The van der Waals surface area contributed by atoms with E-state index in [9.17, 15) is 0 Å².